The zero-order valence-corrected chi connectivity index (χ0v) is 11.3. The van der Waals surface area contributed by atoms with E-state index in [0.29, 0.717) is 6.61 Å². The van der Waals surface area contributed by atoms with E-state index in [9.17, 15) is 0 Å². The second-order valence-electron chi connectivity index (χ2n) is 5.32. The van der Waals surface area contributed by atoms with Crippen LogP contribution < -0.4 is 0 Å². The van der Waals surface area contributed by atoms with Crippen molar-refractivity contribution in [3.63, 3.8) is 0 Å². The van der Waals surface area contributed by atoms with Gasteiger partial charge in [0.25, 0.3) is 0 Å². The van der Waals surface area contributed by atoms with E-state index < -0.39 is 0 Å². The van der Waals surface area contributed by atoms with Crippen molar-refractivity contribution in [3.8, 4) is 0 Å². The molecule has 98 valence electrons. The van der Waals surface area contributed by atoms with Crippen LogP contribution >= 0.6 is 11.6 Å². The molecule has 1 aromatic carbocycles. The molecule has 1 heterocycles. The zero-order chi connectivity index (χ0) is 12.4. The van der Waals surface area contributed by atoms with Gasteiger partial charge in [0.1, 0.15) is 0 Å². The minimum atomic E-state index is -0.274. The number of halogens is 1. The highest BCUT2D eigenvalue weighted by Gasteiger charge is 2.42. The molecule has 1 aromatic rings. The third-order valence-corrected chi connectivity index (χ3v) is 4.30. The van der Waals surface area contributed by atoms with Gasteiger partial charge >= 0.3 is 0 Å². The summed E-state index contributed by atoms with van der Waals surface area (Å²) >= 11 is 6.18. The molecule has 1 atom stereocenters. The molecule has 1 saturated carbocycles. The lowest BCUT2D eigenvalue weighted by Gasteiger charge is -2.31. The van der Waals surface area contributed by atoms with E-state index in [1.54, 1.807) is 0 Å². The van der Waals surface area contributed by atoms with Gasteiger partial charge in [-0.3, -0.25) is 0 Å². The Morgan fingerprint density at radius 1 is 1.17 bits per heavy atom. The molecule has 3 rings (SSSR count). The Morgan fingerprint density at radius 3 is 2.72 bits per heavy atom. The molecule has 18 heavy (non-hydrogen) atoms. The Balaban J connectivity index is 1.64. The molecule has 1 saturated heterocycles. The van der Waals surface area contributed by atoms with Gasteiger partial charge in [-0.2, -0.15) is 0 Å². The fourth-order valence-electron chi connectivity index (χ4n) is 2.98. The van der Waals surface area contributed by atoms with Crippen LogP contribution in [0.3, 0.4) is 0 Å². The number of hydrogen-bond acceptors (Lipinski definition) is 2. The van der Waals surface area contributed by atoms with Gasteiger partial charge in [-0.25, -0.2) is 0 Å². The molecule has 1 spiro atoms. The summed E-state index contributed by atoms with van der Waals surface area (Å²) in [5.74, 6) is -0.274. The average molecular weight is 267 g/mol. The summed E-state index contributed by atoms with van der Waals surface area (Å²) in [6.07, 6.45) is 6.85. The molecule has 0 bridgehead atoms. The van der Waals surface area contributed by atoms with E-state index in [0.717, 1.165) is 29.8 Å². The SMILES string of the molecule is Clc1ccccc1CC1COC2(CCCCC2)O1. The predicted octanol–water partition coefficient (Wildman–Crippen LogP) is 3.96. The van der Waals surface area contributed by atoms with Crippen LogP contribution in [0.4, 0.5) is 0 Å². The van der Waals surface area contributed by atoms with Crippen LogP contribution in [0, 0.1) is 0 Å². The number of hydrogen-bond donors (Lipinski definition) is 0. The maximum Gasteiger partial charge on any atom is 0.168 e. The smallest absolute Gasteiger partial charge is 0.168 e. The Morgan fingerprint density at radius 2 is 1.94 bits per heavy atom. The number of ether oxygens (including phenoxy) is 2. The molecule has 1 aliphatic carbocycles. The van der Waals surface area contributed by atoms with Crippen LogP contribution in [-0.4, -0.2) is 18.5 Å². The highest BCUT2D eigenvalue weighted by molar-refractivity contribution is 6.31. The highest BCUT2D eigenvalue weighted by Crippen LogP contribution is 2.38. The zero-order valence-electron chi connectivity index (χ0n) is 10.5. The minimum Gasteiger partial charge on any atom is -0.347 e. The van der Waals surface area contributed by atoms with Crippen molar-refractivity contribution in [2.75, 3.05) is 6.61 Å². The second-order valence-corrected chi connectivity index (χ2v) is 5.72. The van der Waals surface area contributed by atoms with E-state index >= 15 is 0 Å². The van der Waals surface area contributed by atoms with Crippen LogP contribution in [-0.2, 0) is 15.9 Å². The molecule has 0 aromatic heterocycles. The summed E-state index contributed by atoms with van der Waals surface area (Å²) in [5, 5.41) is 0.825. The van der Waals surface area contributed by atoms with Crippen molar-refractivity contribution in [1.82, 2.24) is 0 Å². The highest BCUT2D eigenvalue weighted by atomic mass is 35.5. The standard InChI is InChI=1S/C15H19ClO2/c16-14-7-3-2-6-12(14)10-13-11-17-15(18-13)8-4-1-5-9-15/h2-3,6-7,13H,1,4-5,8-11H2. The van der Waals surface area contributed by atoms with Crippen molar-refractivity contribution in [3.05, 3.63) is 34.9 Å². The van der Waals surface area contributed by atoms with E-state index in [1.165, 1.54) is 19.3 Å². The van der Waals surface area contributed by atoms with E-state index in [1.807, 2.05) is 18.2 Å². The number of rotatable bonds is 2. The van der Waals surface area contributed by atoms with Gasteiger partial charge in [-0.05, 0) is 24.5 Å². The third-order valence-electron chi connectivity index (χ3n) is 3.93. The topological polar surface area (TPSA) is 18.5 Å². The molecule has 3 heteroatoms. The lowest BCUT2D eigenvalue weighted by atomic mass is 9.94. The van der Waals surface area contributed by atoms with Crippen molar-refractivity contribution < 1.29 is 9.47 Å². The molecular weight excluding hydrogens is 248 g/mol. The fourth-order valence-corrected chi connectivity index (χ4v) is 3.19. The lowest BCUT2D eigenvalue weighted by Crippen LogP contribution is -2.33. The third kappa shape index (κ3) is 2.56. The Kier molecular flexibility index (Phi) is 3.60. The quantitative estimate of drug-likeness (QED) is 0.807. The van der Waals surface area contributed by atoms with Gasteiger partial charge in [0.05, 0.1) is 12.7 Å². The maximum atomic E-state index is 6.18. The molecule has 1 unspecified atom stereocenters. The first-order valence-electron chi connectivity index (χ1n) is 6.83. The van der Waals surface area contributed by atoms with Gasteiger partial charge in [-0.15, -0.1) is 0 Å². The van der Waals surface area contributed by atoms with Crippen LogP contribution in [0.5, 0.6) is 0 Å². The van der Waals surface area contributed by atoms with Crippen LogP contribution in [0.15, 0.2) is 24.3 Å². The van der Waals surface area contributed by atoms with Crippen LogP contribution in [0.1, 0.15) is 37.7 Å². The molecule has 2 fully saturated rings. The molecule has 0 amide bonds. The first-order chi connectivity index (χ1) is 8.77. The largest absolute Gasteiger partial charge is 0.347 e. The van der Waals surface area contributed by atoms with E-state index in [2.05, 4.69) is 6.07 Å². The van der Waals surface area contributed by atoms with Gasteiger partial charge in [0.2, 0.25) is 0 Å². The Labute approximate surface area is 113 Å². The van der Waals surface area contributed by atoms with Crippen molar-refractivity contribution >= 4 is 11.6 Å². The van der Waals surface area contributed by atoms with Crippen LogP contribution in [0.2, 0.25) is 5.02 Å². The average Bonchev–Trinajstić information content (AvgIpc) is 2.76. The Bertz CT molecular complexity index is 413. The summed E-state index contributed by atoms with van der Waals surface area (Å²) in [4.78, 5) is 0. The molecular formula is C15H19ClO2. The first kappa shape index (κ1) is 12.5. The second kappa shape index (κ2) is 5.20. The molecule has 0 N–H and O–H groups in total. The van der Waals surface area contributed by atoms with Crippen molar-refractivity contribution in [2.45, 2.75) is 50.4 Å². The molecule has 0 radical (unpaired) electrons. The summed E-state index contributed by atoms with van der Waals surface area (Å²) in [6.45, 7) is 0.700. The van der Waals surface area contributed by atoms with E-state index in [-0.39, 0.29) is 11.9 Å². The van der Waals surface area contributed by atoms with Crippen molar-refractivity contribution in [2.24, 2.45) is 0 Å². The molecule has 2 nitrogen and oxygen atoms in total. The summed E-state index contributed by atoms with van der Waals surface area (Å²) < 4.78 is 12.1. The fraction of sp³-hybridized carbons (Fsp3) is 0.600. The monoisotopic (exact) mass is 266 g/mol. The Hall–Kier alpha value is -0.570. The summed E-state index contributed by atoms with van der Waals surface area (Å²) in [5.41, 5.74) is 1.15. The van der Waals surface area contributed by atoms with Gasteiger partial charge in [0.15, 0.2) is 5.79 Å². The summed E-state index contributed by atoms with van der Waals surface area (Å²) in [7, 11) is 0. The first-order valence-corrected chi connectivity index (χ1v) is 7.20. The van der Waals surface area contributed by atoms with Gasteiger partial charge < -0.3 is 9.47 Å². The predicted molar refractivity (Wildman–Crippen MR) is 71.8 cm³/mol. The maximum absolute atomic E-state index is 6.18. The summed E-state index contributed by atoms with van der Waals surface area (Å²) in [6, 6.07) is 7.98. The van der Waals surface area contributed by atoms with E-state index in [4.69, 9.17) is 21.1 Å². The normalized spacial score (nSPS) is 26.6. The molecule has 2 aliphatic rings. The lowest BCUT2D eigenvalue weighted by molar-refractivity contribution is -0.186. The van der Waals surface area contributed by atoms with Crippen LogP contribution in [0.25, 0.3) is 0 Å². The minimum absolute atomic E-state index is 0.156. The van der Waals surface area contributed by atoms with Gasteiger partial charge in [0, 0.05) is 24.3 Å². The number of benzene rings is 1. The van der Waals surface area contributed by atoms with Gasteiger partial charge in [-0.1, -0.05) is 36.2 Å². The van der Waals surface area contributed by atoms with Crippen molar-refractivity contribution in [1.29, 1.82) is 0 Å². The molecule has 1 aliphatic heterocycles.